The number of ether oxygens (including phenoxy) is 1. The lowest BCUT2D eigenvalue weighted by Gasteiger charge is -2.33. The van der Waals surface area contributed by atoms with E-state index in [0.29, 0.717) is 25.4 Å². The highest BCUT2D eigenvalue weighted by atomic mass is 79.9. The molecular formula is C16H18BrFN4O3. The Bertz CT molecular complexity index is 719. The summed E-state index contributed by atoms with van der Waals surface area (Å²) in [5, 5.41) is 3.95. The minimum absolute atomic E-state index is 0.179. The van der Waals surface area contributed by atoms with E-state index in [-0.39, 0.29) is 11.5 Å². The Labute approximate surface area is 152 Å². The third-order valence-corrected chi connectivity index (χ3v) is 4.54. The molecular weight excluding hydrogens is 395 g/mol. The van der Waals surface area contributed by atoms with Crippen molar-refractivity contribution in [2.45, 2.75) is 6.54 Å². The van der Waals surface area contributed by atoms with Crippen LogP contribution in [0.3, 0.4) is 0 Å². The summed E-state index contributed by atoms with van der Waals surface area (Å²) in [4.78, 5) is 18.9. The Morgan fingerprint density at radius 3 is 2.80 bits per heavy atom. The molecule has 1 aromatic heterocycles. The standard InChI is InChI=1S/C16H18BrFN4O3/c17-12-1-2-14(18)13(9-12)16-19-15(20-25-16)10-22-5-3-21(4-6-22)7-8-24-11-23/h1-2,9,11H,3-8,10H2. The van der Waals surface area contributed by atoms with Crippen LogP contribution in [-0.4, -0.2) is 65.7 Å². The van der Waals surface area contributed by atoms with E-state index in [4.69, 9.17) is 9.26 Å². The molecule has 1 saturated heterocycles. The Hall–Kier alpha value is -1.84. The first kappa shape index (κ1) is 18.0. The van der Waals surface area contributed by atoms with Crippen molar-refractivity contribution in [3.63, 3.8) is 0 Å². The van der Waals surface area contributed by atoms with Crippen molar-refractivity contribution in [1.29, 1.82) is 0 Å². The van der Waals surface area contributed by atoms with Crippen molar-refractivity contribution >= 4 is 22.4 Å². The molecule has 3 rings (SSSR count). The molecule has 9 heteroatoms. The molecule has 0 amide bonds. The molecule has 0 atom stereocenters. The SMILES string of the molecule is O=COCCN1CCN(Cc2noc(-c3cc(Br)ccc3F)n2)CC1. The fourth-order valence-electron chi connectivity index (χ4n) is 2.69. The number of carbonyl (C=O) groups excluding carboxylic acids is 1. The van der Waals surface area contributed by atoms with Gasteiger partial charge in [-0.1, -0.05) is 21.1 Å². The largest absolute Gasteiger partial charge is 0.467 e. The molecule has 7 nitrogen and oxygen atoms in total. The Balaban J connectivity index is 1.54. The van der Waals surface area contributed by atoms with Gasteiger partial charge in [0.25, 0.3) is 12.4 Å². The van der Waals surface area contributed by atoms with Gasteiger partial charge >= 0.3 is 0 Å². The second-order valence-corrected chi connectivity index (χ2v) is 6.64. The highest BCUT2D eigenvalue weighted by Gasteiger charge is 2.20. The topological polar surface area (TPSA) is 71.7 Å². The summed E-state index contributed by atoms with van der Waals surface area (Å²) in [6, 6.07) is 4.60. The normalized spacial score (nSPS) is 16.1. The molecule has 1 fully saturated rings. The first-order chi connectivity index (χ1) is 12.2. The Kier molecular flexibility index (Phi) is 6.11. The Morgan fingerprint density at radius 1 is 1.28 bits per heavy atom. The molecule has 0 unspecified atom stereocenters. The molecule has 0 aliphatic carbocycles. The molecule has 134 valence electrons. The smallest absolute Gasteiger partial charge is 0.293 e. The van der Waals surface area contributed by atoms with Gasteiger partial charge in [0.05, 0.1) is 12.1 Å². The number of aromatic nitrogens is 2. The van der Waals surface area contributed by atoms with Gasteiger partial charge in [0.15, 0.2) is 5.82 Å². The predicted molar refractivity (Wildman–Crippen MR) is 91.1 cm³/mol. The van der Waals surface area contributed by atoms with Crippen molar-refractivity contribution < 1.29 is 18.4 Å². The summed E-state index contributed by atoms with van der Waals surface area (Å²) in [6.45, 7) is 5.65. The minimum Gasteiger partial charge on any atom is -0.467 e. The number of rotatable bonds is 7. The maximum atomic E-state index is 13.9. The van der Waals surface area contributed by atoms with Crippen LogP contribution < -0.4 is 0 Å². The van der Waals surface area contributed by atoms with E-state index in [1.165, 1.54) is 6.07 Å². The number of hydrogen-bond donors (Lipinski definition) is 0. The first-order valence-corrected chi connectivity index (χ1v) is 8.73. The second kappa shape index (κ2) is 8.50. The number of benzene rings is 1. The van der Waals surface area contributed by atoms with Crippen molar-refractivity contribution in [3.8, 4) is 11.5 Å². The molecule has 0 spiro atoms. The van der Waals surface area contributed by atoms with Crippen LogP contribution in [0.2, 0.25) is 0 Å². The fraction of sp³-hybridized carbons (Fsp3) is 0.438. The molecule has 0 N–H and O–H groups in total. The van der Waals surface area contributed by atoms with E-state index in [9.17, 15) is 9.18 Å². The molecule has 0 saturated carbocycles. The van der Waals surface area contributed by atoms with Crippen LogP contribution in [0.15, 0.2) is 27.2 Å². The van der Waals surface area contributed by atoms with E-state index in [0.717, 1.165) is 37.2 Å². The molecule has 25 heavy (non-hydrogen) atoms. The number of piperazine rings is 1. The lowest BCUT2D eigenvalue weighted by atomic mass is 10.2. The summed E-state index contributed by atoms with van der Waals surface area (Å²) >= 11 is 3.31. The average Bonchev–Trinajstić information content (AvgIpc) is 3.07. The summed E-state index contributed by atoms with van der Waals surface area (Å²) in [5.74, 6) is 0.315. The lowest BCUT2D eigenvalue weighted by Crippen LogP contribution is -2.46. The van der Waals surface area contributed by atoms with Gasteiger partial charge in [0.2, 0.25) is 0 Å². The molecule has 0 bridgehead atoms. The van der Waals surface area contributed by atoms with Crippen LogP contribution in [0.4, 0.5) is 4.39 Å². The predicted octanol–water partition coefficient (Wildman–Crippen LogP) is 1.93. The minimum atomic E-state index is -0.399. The maximum absolute atomic E-state index is 13.9. The highest BCUT2D eigenvalue weighted by molar-refractivity contribution is 9.10. The van der Waals surface area contributed by atoms with Gasteiger partial charge in [0.1, 0.15) is 12.4 Å². The van der Waals surface area contributed by atoms with E-state index in [2.05, 4.69) is 35.9 Å². The average molecular weight is 413 g/mol. The van der Waals surface area contributed by atoms with E-state index in [1.807, 2.05) is 0 Å². The first-order valence-electron chi connectivity index (χ1n) is 7.93. The van der Waals surface area contributed by atoms with Gasteiger partial charge in [-0.25, -0.2) is 4.39 Å². The van der Waals surface area contributed by atoms with Gasteiger partial charge in [-0.05, 0) is 18.2 Å². The molecule has 1 aliphatic rings. The fourth-order valence-corrected chi connectivity index (χ4v) is 3.05. The summed E-state index contributed by atoms with van der Waals surface area (Å²) < 4.78 is 24.6. The quantitative estimate of drug-likeness (QED) is 0.508. The summed E-state index contributed by atoms with van der Waals surface area (Å²) in [6.07, 6.45) is 0. The van der Waals surface area contributed by atoms with Crippen LogP contribution >= 0.6 is 15.9 Å². The van der Waals surface area contributed by atoms with Crippen molar-refractivity contribution in [2.75, 3.05) is 39.3 Å². The van der Waals surface area contributed by atoms with Crippen molar-refractivity contribution in [2.24, 2.45) is 0 Å². The van der Waals surface area contributed by atoms with E-state index >= 15 is 0 Å². The molecule has 1 aliphatic heterocycles. The zero-order chi connectivity index (χ0) is 17.6. The lowest BCUT2D eigenvalue weighted by molar-refractivity contribution is -0.129. The highest BCUT2D eigenvalue weighted by Crippen LogP contribution is 2.25. The number of carbonyl (C=O) groups is 1. The third kappa shape index (κ3) is 4.83. The molecule has 2 aromatic rings. The summed E-state index contributed by atoms with van der Waals surface area (Å²) in [7, 11) is 0. The number of hydrogen-bond acceptors (Lipinski definition) is 7. The summed E-state index contributed by atoms with van der Waals surface area (Å²) in [5.41, 5.74) is 0.285. The third-order valence-electron chi connectivity index (χ3n) is 4.05. The number of nitrogens with zero attached hydrogens (tertiary/aromatic N) is 4. The number of halogens is 2. The van der Waals surface area contributed by atoms with Crippen LogP contribution in [0.1, 0.15) is 5.82 Å². The van der Waals surface area contributed by atoms with Gasteiger partial charge in [-0.3, -0.25) is 14.6 Å². The van der Waals surface area contributed by atoms with Crippen LogP contribution in [0, 0.1) is 5.82 Å². The van der Waals surface area contributed by atoms with Crippen molar-refractivity contribution in [1.82, 2.24) is 19.9 Å². The van der Waals surface area contributed by atoms with E-state index < -0.39 is 5.82 Å². The zero-order valence-corrected chi connectivity index (χ0v) is 15.1. The van der Waals surface area contributed by atoms with Crippen LogP contribution in [0.25, 0.3) is 11.5 Å². The van der Waals surface area contributed by atoms with Crippen molar-refractivity contribution in [3.05, 3.63) is 34.3 Å². The van der Waals surface area contributed by atoms with Crippen LogP contribution in [-0.2, 0) is 16.1 Å². The monoisotopic (exact) mass is 412 g/mol. The van der Waals surface area contributed by atoms with Crippen LogP contribution in [0.5, 0.6) is 0 Å². The molecule has 0 radical (unpaired) electrons. The van der Waals surface area contributed by atoms with Gasteiger partial charge < -0.3 is 9.26 Å². The zero-order valence-electron chi connectivity index (χ0n) is 13.5. The van der Waals surface area contributed by atoms with Gasteiger partial charge in [-0.15, -0.1) is 0 Å². The van der Waals surface area contributed by atoms with Gasteiger partial charge in [-0.2, -0.15) is 4.98 Å². The van der Waals surface area contributed by atoms with Gasteiger partial charge in [0, 0.05) is 37.2 Å². The maximum Gasteiger partial charge on any atom is 0.293 e. The molecule has 1 aromatic carbocycles. The second-order valence-electron chi connectivity index (χ2n) is 5.72. The molecule has 2 heterocycles. The van der Waals surface area contributed by atoms with E-state index in [1.54, 1.807) is 12.1 Å². The Morgan fingerprint density at radius 2 is 2.04 bits per heavy atom.